The average molecular weight is 258 g/mol. The van der Waals surface area contributed by atoms with E-state index >= 15 is 0 Å². The standard InChI is InChI=1S/C13H14N4O2/c1-13(2,7-14)11(18)17(3)8-4-5-9-10(6-8)16-12(19)15-9/h4-6H,1-3H3,(H2,15,16,19). The summed E-state index contributed by atoms with van der Waals surface area (Å²) in [6, 6.07) is 7.10. The van der Waals surface area contributed by atoms with E-state index < -0.39 is 5.41 Å². The summed E-state index contributed by atoms with van der Waals surface area (Å²) < 4.78 is 0. The van der Waals surface area contributed by atoms with Gasteiger partial charge in [-0.25, -0.2) is 4.79 Å². The van der Waals surface area contributed by atoms with Crippen molar-refractivity contribution in [1.82, 2.24) is 9.97 Å². The highest BCUT2D eigenvalue weighted by molar-refractivity contribution is 5.99. The minimum atomic E-state index is -1.09. The van der Waals surface area contributed by atoms with Crippen molar-refractivity contribution in [3.05, 3.63) is 28.7 Å². The molecule has 0 radical (unpaired) electrons. The largest absolute Gasteiger partial charge is 0.323 e. The summed E-state index contributed by atoms with van der Waals surface area (Å²) in [6.07, 6.45) is 0. The second-order valence-electron chi connectivity index (χ2n) is 4.91. The van der Waals surface area contributed by atoms with Gasteiger partial charge < -0.3 is 14.9 Å². The fourth-order valence-electron chi connectivity index (χ4n) is 1.81. The molecule has 1 heterocycles. The number of hydrogen-bond acceptors (Lipinski definition) is 3. The molecule has 1 aromatic carbocycles. The first-order valence-corrected chi connectivity index (χ1v) is 5.76. The monoisotopic (exact) mass is 258 g/mol. The molecule has 0 bridgehead atoms. The highest BCUT2D eigenvalue weighted by Crippen LogP contribution is 2.23. The summed E-state index contributed by atoms with van der Waals surface area (Å²) in [7, 11) is 1.60. The summed E-state index contributed by atoms with van der Waals surface area (Å²) in [4.78, 5) is 30.0. The minimum Gasteiger partial charge on any atom is -0.314 e. The van der Waals surface area contributed by atoms with Crippen LogP contribution in [0.1, 0.15) is 13.8 Å². The van der Waals surface area contributed by atoms with Gasteiger partial charge in [0, 0.05) is 12.7 Å². The van der Waals surface area contributed by atoms with Gasteiger partial charge in [-0.1, -0.05) is 0 Å². The van der Waals surface area contributed by atoms with Crippen molar-refractivity contribution in [2.24, 2.45) is 5.41 Å². The molecule has 19 heavy (non-hydrogen) atoms. The molecule has 1 aromatic heterocycles. The number of carbonyl (C=O) groups is 1. The number of aromatic nitrogens is 2. The lowest BCUT2D eigenvalue weighted by Gasteiger charge is -2.24. The van der Waals surface area contributed by atoms with Crippen LogP contribution in [-0.4, -0.2) is 22.9 Å². The maximum Gasteiger partial charge on any atom is 0.323 e. The Kier molecular flexibility index (Phi) is 2.91. The van der Waals surface area contributed by atoms with Crippen LogP contribution in [0.2, 0.25) is 0 Å². The highest BCUT2D eigenvalue weighted by atomic mass is 16.2. The van der Waals surface area contributed by atoms with Gasteiger partial charge in [-0.2, -0.15) is 5.26 Å². The molecular weight excluding hydrogens is 244 g/mol. The van der Waals surface area contributed by atoms with E-state index in [4.69, 9.17) is 5.26 Å². The topological polar surface area (TPSA) is 92.8 Å². The number of aromatic amines is 2. The third-order valence-corrected chi connectivity index (χ3v) is 3.01. The lowest BCUT2D eigenvalue weighted by atomic mass is 9.94. The van der Waals surface area contributed by atoms with Gasteiger partial charge in [0.25, 0.3) is 0 Å². The van der Waals surface area contributed by atoms with Crippen molar-refractivity contribution in [3.8, 4) is 6.07 Å². The van der Waals surface area contributed by atoms with Crippen molar-refractivity contribution < 1.29 is 4.79 Å². The van der Waals surface area contributed by atoms with Crippen molar-refractivity contribution in [2.75, 3.05) is 11.9 Å². The molecule has 0 spiro atoms. The van der Waals surface area contributed by atoms with Crippen LogP contribution in [0.4, 0.5) is 5.69 Å². The highest BCUT2D eigenvalue weighted by Gasteiger charge is 2.31. The van der Waals surface area contributed by atoms with Gasteiger partial charge in [0.15, 0.2) is 0 Å². The van der Waals surface area contributed by atoms with E-state index in [0.717, 1.165) is 0 Å². The van der Waals surface area contributed by atoms with Crippen LogP contribution in [0.5, 0.6) is 0 Å². The Morgan fingerprint density at radius 3 is 2.58 bits per heavy atom. The van der Waals surface area contributed by atoms with E-state index in [1.54, 1.807) is 39.1 Å². The number of carbonyl (C=O) groups excluding carboxylic acids is 1. The van der Waals surface area contributed by atoms with Gasteiger partial charge in [0.05, 0.1) is 17.1 Å². The third kappa shape index (κ3) is 2.22. The zero-order valence-corrected chi connectivity index (χ0v) is 10.9. The normalized spacial score (nSPS) is 11.3. The number of amides is 1. The number of fused-ring (bicyclic) bond motifs is 1. The summed E-state index contributed by atoms with van der Waals surface area (Å²) in [5.41, 5.74) is 0.538. The average Bonchev–Trinajstić information content (AvgIpc) is 2.75. The van der Waals surface area contributed by atoms with Crippen molar-refractivity contribution in [2.45, 2.75) is 13.8 Å². The van der Waals surface area contributed by atoms with Crippen molar-refractivity contribution in [1.29, 1.82) is 5.26 Å². The number of rotatable bonds is 2. The van der Waals surface area contributed by atoms with E-state index in [1.165, 1.54) is 4.90 Å². The number of nitrogens with one attached hydrogen (secondary N) is 2. The summed E-state index contributed by atoms with van der Waals surface area (Å²) in [6.45, 7) is 3.14. The second-order valence-corrected chi connectivity index (χ2v) is 4.91. The smallest absolute Gasteiger partial charge is 0.314 e. The SMILES string of the molecule is CN(C(=O)C(C)(C)C#N)c1ccc2[nH]c(=O)[nH]c2c1. The maximum atomic E-state index is 12.2. The summed E-state index contributed by atoms with van der Waals surface area (Å²) >= 11 is 0. The molecule has 0 atom stereocenters. The molecule has 98 valence electrons. The van der Waals surface area contributed by atoms with Crippen molar-refractivity contribution in [3.63, 3.8) is 0 Å². The molecule has 6 nitrogen and oxygen atoms in total. The second kappa shape index (κ2) is 4.28. The molecule has 0 aliphatic carbocycles. The van der Waals surface area contributed by atoms with Crippen LogP contribution in [0, 0.1) is 16.7 Å². The zero-order chi connectivity index (χ0) is 14.2. The molecule has 2 N–H and O–H groups in total. The molecule has 0 saturated heterocycles. The molecule has 2 aromatic rings. The molecule has 0 aliphatic heterocycles. The van der Waals surface area contributed by atoms with E-state index in [-0.39, 0.29) is 11.6 Å². The van der Waals surface area contributed by atoms with Crippen LogP contribution < -0.4 is 10.6 Å². The van der Waals surface area contributed by atoms with Gasteiger partial charge in [-0.3, -0.25) is 4.79 Å². The number of anilines is 1. The van der Waals surface area contributed by atoms with Crippen LogP contribution in [0.25, 0.3) is 11.0 Å². The summed E-state index contributed by atoms with van der Waals surface area (Å²) in [5, 5.41) is 8.99. The summed E-state index contributed by atoms with van der Waals surface area (Å²) in [5.74, 6) is -0.299. The third-order valence-electron chi connectivity index (χ3n) is 3.01. The Morgan fingerprint density at radius 2 is 1.95 bits per heavy atom. The molecule has 1 amide bonds. The van der Waals surface area contributed by atoms with Crippen LogP contribution in [0.15, 0.2) is 23.0 Å². The van der Waals surface area contributed by atoms with E-state index in [1.807, 2.05) is 6.07 Å². The Morgan fingerprint density at radius 1 is 1.32 bits per heavy atom. The van der Waals surface area contributed by atoms with Gasteiger partial charge in [-0.05, 0) is 32.0 Å². The predicted molar refractivity (Wildman–Crippen MR) is 71.7 cm³/mol. The Balaban J connectivity index is 2.42. The number of benzene rings is 1. The molecule has 6 heteroatoms. The number of hydrogen-bond donors (Lipinski definition) is 2. The lowest BCUT2D eigenvalue weighted by molar-refractivity contribution is -0.123. The molecule has 0 fully saturated rings. The molecule has 0 aliphatic rings. The number of imidazole rings is 1. The number of nitriles is 1. The number of nitrogens with zero attached hydrogens (tertiary/aromatic N) is 2. The molecule has 2 rings (SSSR count). The van der Waals surface area contributed by atoms with E-state index in [9.17, 15) is 9.59 Å². The quantitative estimate of drug-likeness (QED) is 0.851. The van der Waals surface area contributed by atoms with Gasteiger partial charge in [0.2, 0.25) is 5.91 Å². The maximum absolute atomic E-state index is 12.2. The van der Waals surface area contributed by atoms with Gasteiger partial charge >= 0.3 is 5.69 Å². The molecule has 0 saturated carbocycles. The first kappa shape index (κ1) is 12.9. The van der Waals surface area contributed by atoms with Gasteiger partial charge in [-0.15, -0.1) is 0 Å². The number of H-pyrrole nitrogens is 2. The Labute approximate surface area is 109 Å². The fourth-order valence-corrected chi connectivity index (χ4v) is 1.81. The van der Waals surface area contributed by atoms with Crippen LogP contribution in [-0.2, 0) is 4.79 Å². The first-order chi connectivity index (χ1) is 8.85. The first-order valence-electron chi connectivity index (χ1n) is 5.76. The van der Waals surface area contributed by atoms with E-state index in [0.29, 0.717) is 16.7 Å². The van der Waals surface area contributed by atoms with E-state index in [2.05, 4.69) is 9.97 Å². The molecule has 0 unspecified atom stereocenters. The Bertz CT molecular complexity index is 733. The van der Waals surface area contributed by atoms with Crippen LogP contribution >= 0.6 is 0 Å². The lowest BCUT2D eigenvalue weighted by Crippen LogP contribution is -2.37. The van der Waals surface area contributed by atoms with Gasteiger partial charge in [0.1, 0.15) is 5.41 Å². The molecular formula is C13H14N4O2. The van der Waals surface area contributed by atoms with Crippen LogP contribution in [0.3, 0.4) is 0 Å². The zero-order valence-electron chi connectivity index (χ0n) is 10.9. The minimum absolute atomic E-state index is 0.293. The fraction of sp³-hybridized carbons (Fsp3) is 0.308. The Hall–Kier alpha value is -2.55. The predicted octanol–water partition coefficient (Wildman–Crippen LogP) is 1.37. The van der Waals surface area contributed by atoms with Crippen molar-refractivity contribution >= 4 is 22.6 Å².